The quantitative estimate of drug-likeness (QED) is 0.765. The topological polar surface area (TPSA) is 80.3 Å². The van der Waals surface area contributed by atoms with Crippen LogP contribution in [-0.2, 0) is 9.53 Å². The summed E-state index contributed by atoms with van der Waals surface area (Å²) in [5, 5.41) is 5.14. The first-order chi connectivity index (χ1) is 8.63. The summed E-state index contributed by atoms with van der Waals surface area (Å²) in [6.45, 7) is 3.72. The molecule has 0 aliphatic heterocycles. The molecule has 18 heavy (non-hydrogen) atoms. The van der Waals surface area contributed by atoms with Crippen molar-refractivity contribution in [2.45, 2.75) is 19.9 Å². The average molecular weight is 251 g/mol. The fraction of sp³-hybridized carbons (Fsp3) is 0.417. The minimum Gasteiger partial charge on any atom is -0.465 e. The fourth-order valence-corrected chi connectivity index (χ4v) is 1.35. The number of aromatic nitrogens is 1. The molecule has 0 fully saturated rings. The van der Waals surface area contributed by atoms with Crippen LogP contribution in [0, 0.1) is 0 Å². The van der Waals surface area contributed by atoms with E-state index in [1.54, 1.807) is 19.3 Å². The first-order valence-electron chi connectivity index (χ1n) is 5.73. The Morgan fingerprint density at radius 1 is 1.39 bits per heavy atom. The van der Waals surface area contributed by atoms with Crippen molar-refractivity contribution in [2.24, 2.45) is 0 Å². The molecule has 1 heterocycles. The van der Waals surface area contributed by atoms with Crippen molar-refractivity contribution in [3.05, 3.63) is 30.1 Å². The maximum atomic E-state index is 11.5. The zero-order valence-corrected chi connectivity index (χ0v) is 10.5. The van der Waals surface area contributed by atoms with E-state index >= 15 is 0 Å². The molecule has 0 saturated carbocycles. The summed E-state index contributed by atoms with van der Waals surface area (Å²) >= 11 is 0. The number of ether oxygens (including phenoxy) is 1. The van der Waals surface area contributed by atoms with Crippen LogP contribution in [0.4, 0.5) is 4.79 Å². The highest BCUT2D eigenvalue weighted by atomic mass is 16.5. The molecular formula is C12H17N3O3. The first kappa shape index (κ1) is 14.0. The first-order valence-corrected chi connectivity index (χ1v) is 5.73. The summed E-state index contributed by atoms with van der Waals surface area (Å²) in [5.74, 6) is -0.454. The van der Waals surface area contributed by atoms with Gasteiger partial charge in [-0.3, -0.25) is 9.78 Å². The van der Waals surface area contributed by atoms with Crippen LogP contribution >= 0.6 is 0 Å². The molecule has 0 aliphatic rings. The molecule has 0 bridgehead atoms. The smallest absolute Gasteiger partial charge is 0.325 e. The molecule has 2 N–H and O–H groups in total. The number of amides is 2. The number of carbonyl (C=O) groups excluding carboxylic acids is 2. The Labute approximate surface area is 106 Å². The minimum atomic E-state index is -0.454. The predicted octanol–water partition coefficient (Wildman–Crippen LogP) is 1.00. The number of rotatable bonds is 5. The summed E-state index contributed by atoms with van der Waals surface area (Å²) in [7, 11) is 0. The number of esters is 1. The van der Waals surface area contributed by atoms with E-state index in [0.717, 1.165) is 5.56 Å². The van der Waals surface area contributed by atoms with Crippen molar-refractivity contribution >= 4 is 12.0 Å². The zero-order valence-electron chi connectivity index (χ0n) is 10.5. The van der Waals surface area contributed by atoms with Gasteiger partial charge < -0.3 is 15.4 Å². The van der Waals surface area contributed by atoms with Crippen LogP contribution in [0.5, 0.6) is 0 Å². The minimum absolute atomic E-state index is 0.136. The van der Waals surface area contributed by atoms with Gasteiger partial charge in [0.1, 0.15) is 6.54 Å². The number of nitrogens with zero attached hydrogens (tertiary/aromatic N) is 1. The lowest BCUT2D eigenvalue weighted by atomic mass is 10.1. The third kappa shape index (κ3) is 4.82. The van der Waals surface area contributed by atoms with Crippen molar-refractivity contribution in [1.29, 1.82) is 0 Å². The Bertz CT molecular complexity index is 395. The Hall–Kier alpha value is -2.11. The van der Waals surface area contributed by atoms with Gasteiger partial charge in [-0.1, -0.05) is 0 Å². The van der Waals surface area contributed by atoms with Crippen molar-refractivity contribution in [3.63, 3.8) is 0 Å². The Morgan fingerprint density at radius 2 is 2.06 bits per heavy atom. The third-order valence-corrected chi connectivity index (χ3v) is 2.25. The molecule has 6 heteroatoms. The number of carbonyl (C=O) groups is 2. The highest BCUT2D eigenvalue weighted by molar-refractivity contribution is 5.80. The van der Waals surface area contributed by atoms with E-state index in [-0.39, 0.29) is 12.6 Å². The normalized spacial score (nSPS) is 11.4. The van der Waals surface area contributed by atoms with Gasteiger partial charge in [0.05, 0.1) is 12.6 Å². The summed E-state index contributed by atoms with van der Waals surface area (Å²) in [4.78, 5) is 26.4. The maximum absolute atomic E-state index is 11.5. The second-order valence-electron chi connectivity index (χ2n) is 3.63. The van der Waals surface area contributed by atoms with Crippen molar-refractivity contribution in [2.75, 3.05) is 13.2 Å². The molecule has 1 aromatic heterocycles. The number of pyridine rings is 1. The standard InChI is InChI=1S/C12H17N3O3/c1-3-18-11(16)8-14-12(17)15-9(2)10-4-6-13-7-5-10/h4-7,9H,3,8H2,1-2H3,(H2,14,15,17)/t9-/m1/s1. The molecule has 0 aliphatic carbocycles. The zero-order chi connectivity index (χ0) is 13.4. The number of hydrogen-bond acceptors (Lipinski definition) is 4. The van der Waals surface area contributed by atoms with Crippen LogP contribution in [0.25, 0.3) is 0 Å². The summed E-state index contributed by atoms with van der Waals surface area (Å²) in [6.07, 6.45) is 3.31. The molecule has 2 amide bonds. The van der Waals surface area contributed by atoms with E-state index in [9.17, 15) is 9.59 Å². The number of nitrogens with one attached hydrogen (secondary N) is 2. The fourth-order valence-electron chi connectivity index (χ4n) is 1.35. The molecule has 0 saturated heterocycles. The van der Waals surface area contributed by atoms with Gasteiger partial charge >= 0.3 is 12.0 Å². The van der Waals surface area contributed by atoms with Gasteiger partial charge in [-0.2, -0.15) is 0 Å². The molecule has 0 unspecified atom stereocenters. The van der Waals surface area contributed by atoms with E-state index in [2.05, 4.69) is 15.6 Å². The second kappa shape index (κ2) is 7.26. The van der Waals surface area contributed by atoms with E-state index < -0.39 is 12.0 Å². The van der Waals surface area contributed by atoms with Crippen LogP contribution in [0.3, 0.4) is 0 Å². The molecule has 98 valence electrons. The molecule has 0 radical (unpaired) electrons. The summed E-state index contributed by atoms with van der Waals surface area (Å²) < 4.78 is 4.69. The van der Waals surface area contributed by atoms with Crippen LogP contribution in [0.15, 0.2) is 24.5 Å². The van der Waals surface area contributed by atoms with Crippen molar-refractivity contribution in [3.8, 4) is 0 Å². The lowest BCUT2D eigenvalue weighted by molar-refractivity contribution is -0.141. The number of urea groups is 1. The lowest BCUT2D eigenvalue weighted by Crippen LogP contribution is -2.40. The van der Waals surface area contributed by atoms with Gasteiger partial charge in [0.2, 0.25) is 0 Å². The molecule has 1 atom stereocenters. The van der Waals surface area contributed by atoms with E-state index in [1.807, 2.05) is 19.1 Å². The predicted molar refractivity (Wildman–Crippen MR) is 65.8 cm³/mol. The van der Waals surface area contributed by atoms with Gasteiger partial charge in [0.25, 0.3) is 0 Å². The molecule has 0 aromatic carbocycles. The average Bonchev–Trinajstić information content (AvgIpc) is 2.38. The van der Waals surface area contributed by atoms with Gasteiger partial charge in [-0.05, 0) is 31.5 Å². The molecule has 6 nitrogen and oxygen atoms in total. The van der Waals surface area contributed by atoms with E-state index in [0.29, 0.717) is 6.61 Å². The van der Waals surface area contributed by atoms with Gasteiger partial charge in [-0.25, -0.2) is 4.79 Å². The van der Waals surface area contributed by atoms with E-state index in [1.165, 1.54) is 0 Å². The summed E-state index contributed by atoms with van der Waals surface area (Å²) in [6, 6.07) is 3.06. The SMILES string of the molecule is CCOC(=O)CNC(=O)N[C@H](C)c1ccncc1. The highest BCUT2D eigenvalue weighted by Crippen LogP contribution is 2.09. The monoisotopic (exact) mass is 251 g/mol. The lowest BCUT2D eigenvalue weighted by Gasteiger charge is -2.14. The van der Waals surface area contributed by atoms with Crippen molar-refractivity contribution < 1.29 is 14.3 Å². The number of hydrogen-bond donors (Lipinski definition) is 2. The third-order valence-electron chi connectivity index (χ3n) is 2.25. The highest BCUT2D eigenvalue weighted by Gasteiger charge is 2.10. The van der Waals surface area contributed by atoms with Gasteiger partial charge in [0, 0.05) is 12.4 Å². The van der Waals surface area contributed by atoms with Gasteiger partial charge in [-0.15, -0.1) is 0 Å². The second-order valence-corrected chi connectivity index (χ2v) is 3.63. The summed E-state index contributed by atoms with van der Waals surface area (Å²) in [5.41, 5.74) is 0.941. The largest absolute Gasteiger partial charge is 0.465 e. The molecule has 1 rings (SSSR count). The van der Waals surface area contributed by atoms with Crippen LogP contribution in [-0.4, -0.2) is 30.1 Å². The van der Waals surface area contributed by atoms with E-state index in [4.69, 9.17) is 4.74 Å². The van der Waals surface area contributed by atoms with Crippen LogP contribution in [0.1, 0.15) is 25.5 Å². The van der Waals surface area contributed by atoms with Crippen LogP contribution in [0.2, 0.25) is 0 Å². The van der Waals surface area contributed by atoms with Crippen LogP contribution < -0.4 is 10.6 Å². The Morgan fingerprint density at radius 3 is 2.67 bits per heavy atom. The molecular weight excluding hydrogens is 234 g/mol. The van der Waals surface area contributed by atoms with Crippen molar-refractivity contribution in [1.82, 2.24) is 15.6 Å². The Balaban J connectivity index is 2.34. The molecule has 1 aromatic rings. The maximum Gasteiger partial charge on any atom is 0.325 e. The van der Waals surface area contributed by atoms with Gasteiger partial charge in [0.15, 0.2) is 0 Å². The Kier molecular flexibility index (Phi) is 5.63. The molecule has 0 spiro atoms.